The number of hydrogen-bond acceptors (Lipinski definition) is 3. The van der Waals surface area contributed by atoms with E-state index in [4.69, 9.17) is 4.74 Å². The molecule has 0 radical (unpaired) electrons. The van der Waals surface area contributed by atoms with E-state index in [-0.39, 0.29) is 12.5 Å². The molecule has 1 N–H and O–H groups in total. The topological polar surface area (TPSA) is 50.7 Å². The molecule has 0 bridgehead atoms. The number of unbranched alkanes of at least 4 members (excludes halogenated alkanes) is 1. The normalized spacial score (nSPS) is 10.3. The van der Waals surface area contributed by atoms with Crippen LogP contribution in [0.3, 0.4) is 0 Å². The van der Waals surface area contributed by atoms with Gasteiger partial charge in [0.05, 0.1) is 0 Å². The quantitative estimate of drug-likeness (QED) is 0.588. The van der Waals surface area contributed by atoms with E-state index in [0.717, 1.165) is 12.8 Å². The zero-order valence-corrected chi connectivity index (χ0v) is 9.35. The molecule has 0 heterocycles. The van der Waals surface area contributed by atoms with Crippen molar-refractivity contribution in [3.63, 3.8) is 0 Å². The van der Waals surface area contributed by atoms with Gasteiger partial charge < -0.3 is 4.74 Å². The summed E-state index contributed by atoms with van der Waals surface area (Å²) in [6.07, 6.45) is 3.56. The van der Waals surface area contributed by atoms with E-state index < -0.39 is 0 Å². The molecule has 0 saturated heterocycles. The summed E-state index contributed by atoms with van der Waals surface area (Å²) in [6.45, 7) is 2.03. The van der Waals surface area contributed by atoms with Gasteiger partial charge in [-0.15, -0.1) is 0 Å². The monoisotopic (exact) mass is 220 g/mol. The van der Waals surface area contributed by atoms with E-state index in [9.17, 15) is 4.79 Å². The Morgan fingerprint density at radius 2 is 2.19 bits per heavy atom. The Bertz CT molecular complexity index is 336. The standard InChI is InChI=1S/C12H16N2O2/c1-2-3-9-13-14-12(15)10-16-11-7-5-4-6-8-11/h4-9H,2-3,10H2,1H3,(H,14,15). The van der Waals surface area contributed by atoms with Gasteiger partial charge in [-0.3, -0.25) is 4.79 Å². The van der Waals surface area contributed by atoms with Crippen molar-refractivity contribution in [2.45, 2.75) is 19.8 Å². The summed E-state index contributed by atoms with van der Waals surface area (Å²) in [5.74, 6) is 0.423. The first-order valence-electron chi connectivity index (χ1n) is 5.31. The van der Waals surface area contributed by atoms with E-state index in [2.05, 4.69) is 10.5 Å². The predicted molar refractivity (Wildman–Crippen MR) is 63.5 cm³/mol. The number of para-hydroxylation sites is 1. The van der Waals surface area contributed by atoms with Crippen molar-refractivity contribution in [2.75, 3.05) is 6.61 Å². The van der Waals surface area contributed by atoms with Crippen LogP contribution in [0.5, 0.6) is 5.75 Å². The highest BCUT2D eigenvalue weighted by atomic mass is 16.5. The van der Waals surface area contributed by atoms with E-state index in [1.54, 1.807) is 18.3 Å². The second-order valence-electron chi connectivity index (χ2n) is 3.24. The molecule has 0 saturated carbocycles. The maximum Gasteiger partial charge on any atom is 0.277 e. The number of nitrogens with one attached hydrogen (secondary N) is 1. The third kappa shape index (κ3) is 5.14. The summed E-state index contributed by atoms with van der Waals surface area (Å²) >= 11 is 0. The van der Waals surface area contributed by atoms with Crippen molar-refractivity contribution in [2.24, 2.45) is 5.10 Å². The summed E-state index contributed by atoms with van der Waals surface area (Å²) < 4.78 is 5.24. The average Bonchev–Trinajstić information content (AvgIpc) is 2.33. The lowest BCUT2D eigenvalue weighted by atomic mass is 10.3. The molecule has 0 aromatic heterocycles. The van der Waals surface area contributed by atoms with Gasteiger partial charge in [0, 0.05) is 6.21 Å². The zero-order valence-electron chi connectivity index (χ0n) is 9.35. The smallest absolute Gasteiger partial charge is 0.277 e. The first-order valence-corrected chi connectivity index (χ1v) is 5.31. The molecule has 0 unspecified atom stereocenters. The maximum absolute atomic E-state index is 11.2. The number of rotatable bonds is 6. The Hall–Kier alpha value is -1.84. The second-order valence-corrected chi connectivity index (χ2v) is 3.24. The molecular weight excluding hydrogens is 204 g/mol. The molecule has 1 rings (SSSR count). The van der Waals surface area contributed by atoms with E-state index in [0.29, 0.717) is 5.75 Å². The van der Waals surface area contributed by atoms with Crippen molar-refractivity contribution >= 4 is 12.1 Å². The Kier molecular flexibility index (Phi) is 5.70. The van der Waals surface area contributed by atoms with E-state index >= 15 is 0 Å². The summed E-state index contributed by atoms with van der Waals surface area (Å²) in [6, 6.07) is 9.20. The third-order valence-electron chi connectivity index (χ3n) is 1.81. The lowest BCUT2D eigenvalue weighted by molar-refractivity contribution is -0.123. The minimum Gasteiger partial charge on any atom is -0.484 e. The first kappa shape index (κ1) is 12.2. The molecule has 16 heavy (non-hydrogen) atoms. The molecule has 1 aromatic carbocycles. The fourth-order valence-corrected chi connectivity index (χ4v) is 1.01. The molecule has 0 atom stereocenters. The van der Waals surface area contributed by atoms with Crippen molar-refractivity contribution in [1.29, 1.82) is 0 Å². The average molecular weight is 220 g/mol. The molecule has 86 valence electrons. The van der Waals surface area contributed by atoms with Crippen LogP contribution in [0, 0.1) is 0 Å². The second kappa shape index (κ2) is 7.45. The van der Waals surface area contributed by atoms with Gasteiger partial charge in [-0.1, -0.05) is 31.5 Å². The molecule has 0 aliphatic heterocycles. The van der Waals surface area contributed by atoms with Gasteiger partial charge in [0.2, 0.25) is 0 Å². The van der Waals surface area contributed by atoms with Crippen molar-refractivity contribution in [3.05, 3.63) is 30.3 Å². The van der Waals surface area contributed by atoms with Crippen molar-refractivity contribution in [3.8, 4) is 5.75 Å². The van der Waals surface area contributed by atoms with Crippen LogP contribution in [-0.4, -0.2) is 18.7 Å². The Labute approximate surface area is 95.3 Å². The lowest BCUT2D eigenvalue weighted by Gasteiger charge is -2.03. The minimum atomic E-state index is -0.254. The maximum atomic E-state index is 11.2. The molecule has 4 heteroatoms. The van der Waals surface area contributed by atoms with Crippen LogP contribution >= 0.6 is 0 Å². The summed E-state index contributed by atoms with van der Waals surface area (Å²) in [7, 11) is 0. The van der Waals surface area contributed by atoms with Crippen LogP contribution in [0.25, 0.3) is 0 Å². The third-order valence-corrected chi connectivity index (χ3v) is 1.81. The predicted octanol–water partition coefficient (Wildman–Crippen LogP) is 1.97. The largest absolute Gasteiger partial charge is 0.484 e. The fourth-order valence-electron chi connectivity index (χ4n) is 1.01. The highest BCUT2D eigenvalue weighted by Gasteiger charge is 1.99. The number of hydrogen-bond donors (Lipinski definition) is 1. The Morgan fingerprint density at radius 3 is 2.88 bits per heavy atom. The Balaban J connectivity index is 2.20. The number of nitrogens with zero attached hydrogens (tertiary/aromatic N) is 1. The summed E-state index contributed by atoms with van der Waals surface area (Å²) in [5, 5.41) is 3.77. The van der Waals surface area contributed by atoms with Gasteiger partial charge in [-0.05, 0) is 18.6 Å². The molecule has 1 aromatic rings. The van der Waals surface area contributed by atoms with Gasteiger partial charge in [-0.2, -0.15) is 5.10 Å². The number of ether oxygens (including phenoxy) is 1. The van der Waals surface area contributed by atoms with Crippen LogP contribution in [0.15, 0.2) is 35.4 Å². The number of hydrazone groups is 1. The van der Waals surface area contributed by atoms with Gasteiger partial charge >= 0.3 is 0 Å². The Morgan fingerprint density at radius 1 is 1.44 bits per heavy atom. The molecule has 0 aliphatic carbocycles. The minimum absolute atomic E-state index is 0.0204. The molecule has 1 amide bonds. The van der Waals surface area contributed by atoms with Gasteiger partial charge in [0.15, 0.2) is 6.61 Å². The van der Waals surface area contributed by atoms with Crippen LogP contribution in [0.4, 0.5) is 0 Å². The molecule has 4 nitrogen and oxygen atoms in total. The van der Waals surface area contributed by atoms with E-state index in [1.807, 2.05) is 25.1 Å². The van der Waals surface area contributed by atoms with Crippen molar-refractivity contribution < 1.29 is 9.53 Å². The van der Waals surface area contributed by atoms with E-state index in [1.165, 1.54) is 0 Å². The van der Waals surface area contributed by atoms with Gasteiger partial charge in [-0.25, -0.2) is 5.43 Å². The molecule has 0 aliphatic rings. The first-order chi connectivity index (χ1) is 7.83. The number of carbonyl (C=O) groups excluding carboxylic acids is 1. The lowest BCUT2D eigenvalue weighted by Crippen LogP contribution is -2.24. The SMILES string of the molecule is CCCC=NNC(=O)COc1ccccc1. The van der Waals surface area contributed by atoms with Crippen molar-refractivity contribution in [1.82, 2.24) is 5.43 Å². The van der Waals surface area contributed by atoms with Gasteiger partial charge in [0.1, 0.15) is 5.75 Å². The molecular formula is C12H16N2O2. The number of carbonyl (C=O) groups is 1. The fraction of sp³-hybridized carbons (Fsp3) is 0.333. The summed E-state index contributed by atoms with van der Waals surface area (Å²) in [5.41, 5.74) is 2.39. The highest BCUT2D eigenvalue weighted by Crippen LogP contribution is 2.07. The zero-order chi connectivity index (χ0) is 11.6. The van der Waals surface area contributed by atoms with Crippen LogP contribution < -0.4 is 10.2 Å². The van der Waals surface area contributed by atoms with Crippen LogP contribution in [0.2, 0.25) is 0 Å². The summed E-state index contributed by atoms with van der Waals surface area (Å²) in [4.78, 5) is 11.2. The number of benzene rings is 1. The molecule has 0 fully saturated rings. The number of amides is 1. The van der Waals surface area contributed by atoms with Gasteiger partial charge in [0.25, 0.3) is 5.91 Å². The van der Waals surface area contributed by atoms with Crippen LogP contribution in [-0.2, 0) is 4.79 Å². The highest BCUT2D eigenvalue weighted by molar-refractivity contribution is 5.78. The van der Waals surface area contributed by atoms with Crippen LogP contribution in [0.1, 0.15) is 19.8 Å². The molecule has 0 spiro atoms.